The van der Waals surface area contributed by atoms with E-state index in [1.807, 2.05) is 38.1 Å². The van der Waals surface area contributed by atoms with E-state index in [2.05, 4.69) is 0 Å². The summed E-state index contributed by atoms with van der Waals surface area (Å²) in [7, 11) is 1.61. The minimum atomic E-state index is -0.601. The van der Waals surface area contributed by atoms with Crippen LogP contribution < -0.4 is 4.74 Å². The highest BCUT2D eigenvalue weighted by molar-refractivity contribution is 5.87. The second-order valence-corrected chi connectivity index (χ2v) is 5.19. The molecule has 0 saturated carbocycles. The molecular weight excluding hydrogens is 272 g/mol. The highest BCUT2D eigenvalue weighted by atomic mass is 16.7. The van der Waals surface area contributed by atoms with Crippen LogP contribution in [0.25, 0.3) is 6.08 Å². The van der Waals surface area contributed by atoms with Crippen LogP contribution in [0.15, 0.2) is 30.3 Å². The average Bonchev–Trinajstić information content (AvgIpc) is 2.83. The van der Waals surface area contributed by atoms with E-state index in [-0.39, 0.29) is 12.7 Å². The lowest BCUT2D eigenvalue weighted by Gasteiger charge is -2.16. The van der Waals surface area contributed by atoms with Crippen molar-refractivity contribution < 1.29 is 23.7 Å². The van der Waals surface area contributed by atoms with Gasteiger partial charge in [-0.05, 0) is 37.6 Å². The molecule has 114 valence electrons. The summed E-state index contributed by atoms with van der Waals surface area (Å²) < 4.78 is 21.1. The zero-order valence-corrected chi connectivity index (χ0v) is 12.5. The summed E-state index contributed by atoms with van der Waals surface area (Å²) >= 11 is 0. The van der Waals surface area contributed by atoms with Gasteiger partial charge in [-0.25, -0.2) is 4.79 Å². The summed E-state index contributed by atoms with van der Waals surface area (Å²) in [6, 6.07) is 7.38. The third kappa shape index (κ3) is 4.88. The minimum absolute atomic E-state index is 0.190. The van der Waals surface area contributed by atoms with E-state index in [4.69, 9.17) is 18.9 Å². The molecule has 0 aromatic heterocycles. The van der Waals surface area contributed by atoms with Crippen LogP contribution >= 0.6 is 0 Å². The molecule has 0 amide bonds. The van der Waals surface area contributed by atoms with Crippen LogP contribution in [0, 0.1) is 0 Å². The van der Waals surface area contributed by atoms with Crippen molar-refractivity contribution in [2.24, 2.45) is 0 Å². The number of esters is 1. The van der Waals surface area contributed by atoms with Gasteiger partial charge in [0.25, 0.3) is 0 Å². The van der Waals surface area contributed by atoms with Crippen molar-refractivity contribution in [3.63, 3.8) is 0 Å². The molecule has 1 fully saturated rings. The molecule has 1 saturated heterocycles. The second kappa shape index (κ2) is 6.74. The van der Waals surface area contributed by atoms with Crippen LogP contribution in [-0.4, -0.2) is 38.2 Å². The van der Waals surface area contributed by atoms with Crippen molar-refractivity contribution >= 4 is 12.0 Å². The number of carbonyl (C=O) groups is 1. The first-order valence-corrected chi connectivity index (χ1v) is 6.79. The van der Waals surface area contributed by atoms with E-state index >= 15 is 0 Å². The number of hydrogen-bond donors (Lipinski definition) is 0. The second-order valence-electron chi connectivity index (χ2n) is 5.19. The van der Waals surface area contributed by atoms with Crippen LogP contribution in [-0.2, 0) is 19.0 Å². The lowest BCUT2D eigenvalue weighted by molar-refractivity contribution is -0.154. The molecule has 0 spiro atoms. The van der Waals surface area contributed by atoms with E-state index in [1.165, 1.54) is 6.08 Å². The van der Waals surface area contributed by atoms with Gasteiger partial charge in [0.15, 0.2) is 5.79 Å². The number of rotatable bonds is 5. The molecule has 0 aliphatic carbocycles. The Morgan fingerprint density at radius 2 is 2.10 bits per heavy atom. The SMILES string of the molecule is COc1ccc(C=CC(=O)OCC2COC(C)(C)O2)cc1. The van der Waals surface area contributed by atoms with Crippen LogP contribution in [0.2, 0.25) is 0 Å². The van der Waals surface area contributed by atoms with Crippen LogP contribution in [0.4, 0.5) is 0 Å². The molecule has 21 heavy (non-hydrogen) atoms. The fraction of sp³-hybridized carbons (Fsp3) is 0.438. The third-order valence-corrected chi connectivity index (χ3v) is 3.01. The fourth-order valence-electron chi connectivity index (χ4n) is 1.95. The Morgan fingerprint density at radius 1 is 1.38 bits per heavy atom. The van der Waals surface area contributed by atoms with Gasteiger partial charge < -0.3 is 18.9 Å². The number of carbonyl (C=O) groups excluding carboxylic acids is 1. The summed E-state index contributed by atoms with van der Waals surface area (Å²) in [4.78, 5) is 11.6. The maximum atomic E-state index is 11.6. The van der Waals surface area contributed by atoms with E-state index in [1.54, 1.807) is 13.2 Å². The van der Waals surface area contributed by atoms with Crippen molar-refractivity contribution in [2.45, 2.75) is 25.7 Å². The van der Waals surface area contributed by atoms with Crippen LogP contribution in [0.1, 0.15) is 19.4 Å². The first-order chi connectivity index (χ1) is 9.98. The topological polar surface area (TPSA) is 54.0 Å². The largest absolute Gasteiger partial charge is 0.497 e. The average molecular weight is 292 g/mol. The van der Waals surface area contributed by atoms with E-state index < -0.39 is 11.8 Å². The Balaban J connectivity index is 1.77. The smallest absolute Gasteiger partial charge is 0.330 e. The molecule has 5 heteroatoms. The van der Waals surface area contributed by atoms with Gasteiger partial charge in [0.2, 0.25) is 0 Å². The molecule has 1 aliphatic rings. The first kappa shape index (κ1) is 15.5. The van der Waals surface area contributed by atoms with Crippen molar-refractivity contribution in [1.29, 1.82) is 0 Å². The Morgan fingerprint density at radius 3 is 2.67 bits per heavy atom. The molecule has 1 aliphatic heterocycles. The Hall–Kier alpha value is -1.85. The van der Waals surface area contributed by atoms with Gasteiger partial charge >= 0.3 is 5.97 Å². The summed E-state index contributed by atoms with van der Waals surface area (Å²) in [6.07, 6.45) is 2.87. The molecule has 2 rings (SSSR count). The molecule has 1 aromatic carbocycles. The van der Waals surface area contributed by atoms with E-state index in [0.717, 1.165) is 11.3 Å². The van der Waals surface area contributed by atoms with Gasteiger partial charge in [-0.3, -0.25) is 0 Å². The highest BCUT2D eigenvalue weighted by Gasteiger charge is 2.33. The molecule has 1 atom stereocenters. The Bertz CT molecular complexity index is 504. The number of hydrogen-bond acceptors (Lipinski definition) is 5. The van der Waals surface area contributed by atoms with Gasteiger partial charge in [-0.2, -0.15) is 0 Å². The standard InChI is InChI=1S/C16H20O5/c1-16(2)20-11-14(21-16)10-19-15(17)9-6-12-4-7-13(18-3)8-5-12/h4-9,14H,10-11H2,1-3H3. The van der Waals surface area contributed by atoms with Gasteiger partial charge in [0, 0.05) is 6.08 Å². The normalized spacial score (nSPS) is 20.6. The summed E-state index contributed by atoms with van der Waals surface area (Å²) in [5, 5.41) is 0. The van der Waals surface area contributed by atoms with Crippen molar-refractivity contribution in [3.05, 3.63) is 35.9 Å². The predicted molar refractivity (Wildman–Crippen MR) is 77.9 cm³/mol. The first-order valence-electron chi connectivity index (χ1n) is 6.79. The quantitative estimate of drug-likeness (QED) is 0.616. The Kier molecular flexibility index (Phi) is 4.98. The molecule has 1 unspecified atom stereocenters. The summed E-state index contributed by atoms with van der Waals surface area (Å²) in [5.41, 5.74) is 0.898. The molecule has 0 radical (unpaired) electrons. The maximum absolute atomic E-state index is 11.6. The number of benzene rings is 1. The molecule has 0 bridgehead atoms. The zero-order valence-electron chi connectivity index (χ0n) is 12.5. The van der Waals surface area contributed by atoms with E-state index in [0.29, 0.717) is 6.61 Å². The molecule has 5 nitrogen and oxygen atoms in total. The van der Waals surface area contributed by atoms with Gasteiger partial charge in [0.1, 0.15) is 18.5 Å². The number of methoxy groups -OCH3 is 1. The van der Waals surface area contributed by atoms with Gasteiger partial charge in [-0.15, -0.1) is 0 Å². The lowest BCUT2D eigenvalue weighted by atomic mass is 10.2. The number of ether oxygens (including phenoxy) is 4. The van der Waals surface area contributed by atoms with Crippen molar-refractivity contribution in [1.82, 2.24) is 0 Å². The fourth-order valence-corrected chi connectivity index (χ4v) is 1.95. The maximum Gasteiger partial charge on any atom is 0.330 e. The highest BCUT2D eigenvalue weighted by Crippen LogP contribution is 2.22. The summed E-state index contributed by atoms with van der Waals surface area (Å²) in [6.45, 7) is 4.29. The molecule has 1 heterocycles. The van der Waals surface area contributed by atoms with Crippen molar-refractivity contribution in [3.8, 4) is 5.75 Å². The van der Waals surface area contributed by atoms with Gasteiger partial charge in [0.05, 0.1) is 13.7 Å². The minimum Gasteiger partial charge on any atom is -0.497 e. The van der Waals surface area contributed by atoms with E-state index in [9.17, 15) is 4.79 Å². The third-order valence-electron chi connectivity index (χ3n) is 3.01. The van der Waals surface area contributed by atoms with Crippen LogP contribution in [0.3, 0.4) is 0 Å². The monoisotopic (exact) mass is 292 g/mol. The molecular formula is C16H20O5. The molecule has 1 aromatic rings. The zero-order chi connectivity index (χ0) is 15.3. The lowest BCUT2D eigenvalue weighted by Crippen LogP contribution is -2.24. The predicted octanol–water partition coefficient (Wildman–Crippen LogP) is 2.40. The molecule has 0 N–H and O–H groups in total. The van der Waals surface area contributed by atoms with Crippen molar-refractivity contribution in [2.75, 3.05) is 20.3 Å². The van der Waals surface area contributed by atoms with Crippen LogP contribution in [0.5, 0.6) is 5.75 Å². The Labute approximate surface area is 124 Å². The van der Waals surface area contributed by atoms with Gasteiger partial charge in [-0.1, -0.05) is 12.1 Å². The summed E-state index contributed by atoms with van der Waals surface area (Å²) in [5.74, 6) is -0.231.